The molecule has 3 aliphatic rings. The molecule has 1 aromatic carbocycles. The summed E-state index contributed by atoms with van der Waals surface area (Å²) in [7, 11) is 3.24. The number of aliphatic hydroxyl groups excluding tert-OH is 1. The van der Waals surface area contributed by atoms with E-state index >= 15 is 0 Å². The van der Waals surface area contributed by atoms with Gasteiger partial charge in [0.15, 0.2) is 23.0 Å². The number of Topliss-reactive ketones (excluding diaryl/α,β-unsaturated/α-hetero) is 3. The third kappa shape index (κ3) is 4.98. The number of carbonyl (C=O) groups excluding carboxylic acids is 4. The zero-order valence-corrected chi connectivity index (χ0v) is 25.1. The number of likely N-dealkylation sites (N-methyl/N-ethyl adjacent to an activating group) is 1. The Labute approximate surface area is 250 Å². The van der Waals surface area contributed by atoms with Crippen molar-refractivity contribution in [2.24, 2.45) is 34.8 Å². The normalized spacial score (nSPS) is 30.6. The van der Waals surface area contributed by atoms with Gasteiger partial charge in [-0.25, -0.2) is 0 Å². The van der Waals surface area contributed by atoms with Crippen LogP contribution in [-0.2, 0) is 27.3 Å². The van der Waals surface area contributed by atoms with E-state index in [2.05, 4.69) is 31.1 Å². The molecule has 1 heterocycles. The number of aromatic nitrogens is 1. The number of phenols is 1. The number of nitrogens with one attached hydrogen (secondary N) is 1. The molecule has 11 heteroatoms. The minimum Gasteiger partial charge on any atom is -0.507 e. The number of fused-ring (bicyclic) bond motifs is 3. The Kier molecular flexibility index (Phi) is 7.83. The number of carbonyl (C=O) groups is 4. The number of rotatable bonds is 6. The number of ketones is 3. The van der Waals surface area contributed by atoms with Crippen molar-refractivity contribution in [3.05, 3.63) is 47.2 Å². The molecule has 5 rings (SSSR count). The standard InChI is InChI=1S/C32H40N4O7/c1-31(2,3)14-34-13-16-11-17(20-8-6-7-9-35-20)18-10-15-12-19-24(36(4)5)27(39)23(30(33)42)29(41)32(19,43)28(40)21(15)26(38)22(18)25(16)37/h6-9,11,15,19,21,23-24,27,34,37,39,43H,10,12-14H2,1-5H3,(H2,33,42)/t15-,19-,21?,23?,24-,27?,32-/m1/s1. The number of phenolic OH excluding ortho intramolecular Hbond substituents is 1. The summed E-state index contributed by atoms with van der Waals surface area (Å²) in [6, 6.07) is 6.26. The van der Waals surface area contributed by atoms with Gasteiger partial charge >= 0.3 is 0 Å². The SMILES string of the molecule is CN(C)[C@H]1C(O)C(C(N)=O)C(=O)[C@]2(O)C(=O)C3C(=O)c4c(O)c(CNCC(C)(C)C)cc(-c5ccccn5)c4C[C@@H]3C[C@H]12. The number of aromatic hydroxyl groups is 1. The molecule has 0 bridgehead atoms. The second-order valence-electron chi connectivity index (χ2n) is 13.6. The van der Waals surface area contributed by atoms with Crippen LogP contribution in [0, 0.1) is 29.1 Å². The van der Waals surface area contributed by atoms with Crippen LogP contribution >= 0.6 is 0 Å². The lowest BCUT2D eigenvalue weighted by Crippen LogP contribution is -2.75. The van der Waals surface area contributed by atoms with E-state index in [1.807, 2.05) is 18.2 Å². The van der Waals surface area contributed by atoms with E-state index in [0.717, 1.165) is 0 Å². The predicted octanol–water partition coefficient (Wildman–Crippen LogP) is 0.857. The summed E-state index contributed by atoms with van der Waals surface area (Å²) >= 11 is 0. The second kappa shape index (κ2) is 10.9. The molecule has 2 fully saturated rings. The van der Waals surface area contributed by atoms with Gasteiger partial charge in [0.1, 0.15) is 11.7 Å². The summed E-state index contributed by atoms with van der Waals surface area (Å²) in [4.78, 5) is 60.4. The van der Waals surface area contributed by atoms with Crippen LogP contribution in [0.1, 0.15) is 48.7 Å². The van der Waals surface area contributed by atoms with Crippen LogP contribution in [0.4, 0.5) is 0 Å². The van der Waals surface area contributed by atoms with Crippen molar-refractivity contribution in [1.82, 2.24) is 15.2 Å². The van der Waals surface area contributed by atoms with Crippen LogP contribution < -0.4 is 11.1 Å². The number of primary amides is 1. The summed E-state index contributed by atoms with van der Waals surface area (Å²) < 4.78 is 0. The van der Waals surface area contributed by atoms with Gasteiger partial charge in [0, 0.05) is 42.4 Å². The lowest BCUT2D eigenvalue weighted by atomic mass is 9.52. The van der Waals surface area contributed by atoms with Gasteiger partial charge in [0.25, 0.3) is 0 Å². The smallest absolute Gasteiger partial charge is 0.230 e. The Morgan fingerprint density at radius 3 is 2.47 bits per heavy atom. The molecule has 6 N–H and O–H groups in total. The maximum absolute atomic E-state index is 14.3. The molecular formula is C32H40N4O7. The van der Waals surface area contributed by atoms with Crippen LogP contribution in [-0.4, -0.2) is 86.8 Å². The fraction of sp³-hybridized carbons (Fsp3) is 0.531. The number of hydrogen-bond donors (Lipinski definition) is 5. The van der Waals surface area contributed by atoms with Crippen molar-refractivity contribution in [3.63, 3.8) is 0 Å². The van der Waals surface area contributed by atoms with Gasteiger partial charge in [-0.05, 0) is 62.0 Å². The van der Waals surface area contributed by atoms with Crippen LogP contribution in [0.5, 0.6) is 5.75 Å². The largest absolute Gasteiger partial charge is 0.507 e. The molecule has 0 spiro atoms. The Morgan fingerprint density at radius 2 is 1.88 bits per heavy atom. The summed E-state index contributed by atoms with van der Waals surface area (Å²) in [6.07, 6.45) is 0.336. The summed E-state index contributed by atoms with van der Waals surface area (Å²) in [5.74, 6) is -9.26. The number of nitrogens with zero attached hydrogens (tertiary/aromatic N) is 2. The molecule has 1 aromatic heterocycles. The Hall–Kier alpha value is -3.51. The molecule has 0 saturated heterocycles. The maximum atomic E-state index is 14.3. The Bertz CT molecular complexity index is 1480. The van der Waals surface area contributed by atoms with Gasteiger partial charge in [-0.15, -0.1) is 0 Å². The summed E-state index contributed by atoms with van der Waals surface area (Å²) in [5.41, 5.74) is 4.94. The zero-order chi connectivity index (χ0) is 31.6. The highest BCUT2D eigenvalue weighted by molar-refractivity contribution is 6.25. The second-order valence-corrected chi connectivity index (χ2v) is 13.6. The van der Waals surface area contributed by atoms with Gasteiger partial charge in [-0.3, -0.25) is 24.2 Å². The van der Waals surface area contributed by atoms with Gasteiger partial charge in [-0.2, -0.15) is 0 Å². The topological polar surface area (TPSA) is 183 Å². The van der Waals surface area contributed by atoms with E-state index in [1.165, 1.54) is 0 Å². The first kappa shape index (κ1) is 30.9. The van der Waals surface area contributed by atoms with E-state index in [9.17, 15) is 34.5 Å². The van der Waals surface area contributed by atoms with Crippen LogP contribution in [0.3, 0.4) is 0 Å². The number of nitrogens with two attached hydrogens (primary N) is 1. The molecule has 0 radical (unpaired) electrons. The van der Waals surface area contributed by atoms with E-state index in [1.54, 1.807) is 31.3 Å². The van der Waals surface area contributed by atoms with E-state index < -0.39 is 64.7 Å². The van der Waals surface area contributed by atoms with Crippen molar-refractivity contribution in [2.45, 2.75) is 57.9 Å². The molecule has 3 aliphatic carbocycles. The first-order chi connectivity index (χ1) is 20.1. The molecule has 3 unspecified atom stereocenters. The van der Waals surface area contributed by atoms with Gasteiger partial charge in [-0.1, -0.05) is 26.8 Å². The average molecular weight is 593 g/mol. The highest BCUT2D eigenvalue weighted by Gasteiger charge is 2.69. The molecule has 11 nitrogen and oxygen atoms in total. The number of pyridine rings is 1. The Morgan fingerprint density at radius 1 is 1.19 bits per heavy atom. The zero-order valence-electron chi connectivity index (χ0n) is 25.1. The van der Waals surface area contributed by atoms with Crippen molar-refractivity contribution in [1.29, 1.82) is 0 Å². The van der Waals surface area contributed by atoms with Crippen molar-refractivity contribution < 1.29 is 34.5 Å². The highest BCUT2D eigenvalue weighted by atomic mass is 16.3. The van der Waals surface area contributed by atoms with E-state index in [0.29, 0.717) is 28.9 Å². The van der Waals surface area contributed by atoms with Gasteiger partial charge < -0.3 is 31.3 Å². The third-order valence-electron chi connectivity index (χ3n) is 9.28. The minimum absolute atomic E-state index is 0.0220. The number of amides is 1. The monoisotopic (exact) mass is 592 g/mol. The first-order valence-corrected chi connectivity index (χ1v) is 14.6. The summed E-state index contributed by atoms with van der Waals surface area (Å²) in [5, 5.41) is 37.7. The van der Waals surface area contributed by atoms with E-state index in [-0.39, 0.29) is 36.1 Å². The fourth-order valence-corrected chi connectivity index (χ4v) is 7.40. The highest BCUT2D eigenvalue weighted by Crippen LogP contribution is 2.52. The average Bonchev–Trinajstić information content (AvgIpc) is 2.91. The molecule has 43 heavy (non-hydrogen) atoms. The molecule has 0 aliphatic heterocycles. The summed E-state index contributed by atoms with van der Waals surface area (Å²) in [6.45, 7) is 7.08. The molecule has 2 aromatic rings. The number of aliphatic hydroxyl groups is 2. The maximum Gasteiger partial charge on any atom is 0.230 e. The van der Waals surface area contributed by atoms with Crippen molar-refractivity contribution in [3.8, 4) is 17.0 Å². The molecule has 230 valence electrons. The first-order valence-electron chi connectivity index (χ1n) is 14.6. The quantitative estimate of drug-likeness (QED) is 0.302. The van der Waals surface area contributed by atoms with Gasteiger partial charge in [0.05, 0.1) is 23.3 Å². The third-order valence-corrected chi connectivity index (χ3v) is 9.28. The van der Waals surface area contributed by atoms with Crippen LogP contribution in [0.15, 0.2) is 30.5 Å². The predicted molar refractivity (Wildman–Crippen MR) is 157 cm³/mol. The van der Waals surface area contributed by atoms with Crippen LogP contribution in [0.2, 0.25) is 0 Å². The Balaban J connectivity index is 1.64. The fourth-order valence-electron chi connectivity index (χ4n) is 7.40. The van der Waals surface area contributed by atoms with E-state index in [4.69, 9.17) is 5.73 Å². The molecular weight excluding hydrogens is 552 g/mol. The van der Waals surface area contributed by atoms with Gasteiger partial charge in [0.2, 0.25) is 5.91 Å². The number of benzene rings is 1. The molecule has 1 amide bonds. The molecule has 7 atom stereocenters. The van der Waals surface area contributed by atoms with Crippen molar-refractivity contribution >= 4 is 23.3 Å². The lowest BCUT2D eigenvalue weighted by molar-refractivity contribution is -0.190. The number of hydrogen-bond acceptors (Lipinski definition) is 10. The minimum atomic E-state index is -2.70. The van der Waals surface area contributed by atoms with Crippen molar-refractivity contribution in [2.75, 3.05) is 20.6 Å². The lowest BCUT2D eigenvalue weighted by Gasteiger charge is -2.54. The van der Waals surface area contributed by atoms with Crippen LogP contribution in [0.25, 0.3) is 11.3 Å². The molecule has 2 saturated carbocycles.